The van der Waals surface area contributed by atoms with Gasteiger partial charge in [0.1, 0.15) is 0 Å². The molecule has 0 saturated carbocycles. The Labute approximate surface area is 75.8 Å². The van der Waals surface area contributed by atoms with Crippen molar-refractivity contribution in [2.24, 2.45) is 0 Å². The number of aryl methyl sites for hydroxylation is 1. The minimum atomic E-state index is 0.835. The van der Waals surface area contributed by atoms with Gasteiger partial charge in [0.25, 0.3) is 0 Å². The molecule has 0 aliphatic heterocycles. The van der Waals surface area contributed by atoms with Crippen molar-refractivity contribution < 1.29 is 0 Å². The zero-order valence-corrected chi connectivity index (χ0v) is 7.62. The third-order valence-electron chi connectivity index (χ3n) is 1.76. The van der Waals surface area contributed by atoms with Gasteiger partial charge in [-0.1, -0.05) is 6.92 Å². The molecule has 2 aromatic rings. The van der Waals surface area contributed by atoms with Gasteiger partial charge in [-0.15, -0.1) is 12.6 Å². The van der Waals surface area contributed by atoms with Crippen LogP contribution >= 0.6 is 12.6 Å². The van der Waals surface area contributed by atoms with Gasteiger partial charge in [0.05, 0.1) is 11.2 Å². The molecule has 0 spiro atoms. The fourth-order valence-corrected chi connectivity index (χ4v) is 1.43. The molecule has 0 N–H and O–H groups in total. The van der Waals surface area contributed by atoms with Crippen LogP contribution in [0.15, 0.2) is 23.4 Å². The van der Waals surface area contributed by atoms with Crippen molar-refractivity contribution in [2.75, 3.05) is 0 Å². The third-order valence-corrected chi connectivity index (χ3v) is 2.07. The minimum absolute atomic E-state index is 0.835. The van der Waals surface area contributed by atoms with E-state index < -0.39 is 0 Å². The largest absolute Gasteiger partial charge is 0.234 e. The van der Waals surface area contributed by atoms with Crippen molar-refractivity contribution in [3.05, 3.63) is 24.0 Å². The van der Waals surface area contributed by atoms with Gasteiger partial charge in [-0.05, 0) is 12.5 Å². The second-order valence-electron chi connectivity index (χ2n) is 2.56. The van der Waals surface area contributed by atoms with E-state index in [-0.39, 0.29) is 0 Å². The number of aromatic nitrogens is 3. The van der Waals surface area contributed by atoms with E-state index in [0.29, 0.717) is 0 Å². The van der Waals surface area contributed by atoms with Crippen LogP contribution in [0, 0.1) is 0 Å². The molecule has 4 heteroatoms. The van der Waals surface area contributed by atoms with E-state index >= 15 is 0 Å². The molecule has 0 aliphatic carbocycles. The first-order valence-corrected chi connectivity index (χ1v) is 4.28. The van der Waals surface area contributed by atoms with Crippen LogP contribution in [0.25, 0.3) is 5.65 Å². The Kier molecular flexibility index (Phi) is 1.77. The summed E-state index contributed by atoms with van der Waals surface area (Å²) in [6.07, 6.45) is 2.65. The van der Waals surface area contributed by atoms with Crippen LogP contribution in [-0.4, -0.2) is 14.6 Å². The maximum Gasteiger partial charge on any atom is 0.156 e. The first-order chi connectivity index (χ1) is 5.81. The van der Waals surface area contributed by atoms with E-state index in [2.05, 4.69) is 29.6 Å². The zero-order chi connectivity index (χ0) is 8.55. The summed E-state index contributed by atoms with van der Waals surface area (Å²) in [7, 11) is 0. The Morgan fingerprint density at radius 2 is 2.42 bits per heavy atom. The summed E-state index contributed by atoms with van der Waals surface area (Å²) >= 11 is 4.30. The maximum absolute atomic E-state index is 4.37. The lowest BCUT2D eigenvalue weighted by molar-refractivity contribution is 0.827. The molecule has 2 heterocycles. The van der Waals surface area contributed by atoms with Crippen LogP contribution in [-0.2, 0) is 6.42 Å². The highest BCUT2D eigenvalue weighted by atomic mass is 32.1. The molecular weight excluding hydrogens is 170 g/mol. The summed E-state index contributed by atoms with van der Waals surface area (Å²) in [5, 5.41) is 4.91. The van der Waals surface area contributed by atoms with Crippen molar-refractivity contribution in [3.8, 4) is 0 Å². The topological polar surface area (TPSA) is 30.2 Å². The molecule has 62 valence electrons. The first-order valence-electron chi connectivity index (χ1n) is 3.84. The van der Waals surface area contributed by atoms with Crippen molar-refractivity contribution in [1.82, 2.24) is 14.6 Å². The van der Waals surface area contributed by atoms with E-state index in [0.717, 1.165) is 22.8 Å². The van der Waals surface area contributed by atoms with E-state index in [9.17, 15) is 0 Å². The Morgan fingerprint density at radius 1 is 1.58 bits per heavy atom. The summed E-state index contributed by atoms with van der Waals surface area (Å²) in [5.41, 5.74) is 1.91. The fraction of sp³-hybridized carbons (Fsp3) is 0.250. The smallest absolute Gasteiger partial charge is 0.156 e. The lowest BCUT2D eigenvalue weighted by Gasteiger charge is -2.00. The molecule has 0 aliphatic rings. The number of rotatable bonds is 1. The van der Waals surface area contributed by atoms with Gasteiger partial charge < -0.3 is 0 Å². The van der Waals surface area contributed by atoms with Gasteiger partial charge in [0, 0.05) is 11.8 Å². The summed E-state index contributed by atoms with van der Waals surface area (Å²) in [6.45, 7) is 2.07. The molecule has 0 fully saturated rings. The molecule has 0 atom stereocenters. The highest BCUT2D eigenvalue weighted by Crippen LogP contribution is 2.10. The molecule has 2 rings (SSSR count). The molecule has 0 amide bonds. The predicted octanol–water partition coefficient (Wildman–Crippen LogP) is 1.58. The molecule has 0 bridgehead atoms. The Bertz CT molecular complexity index is 408. The SMILES string of the molecule is CCc1cc(S)n2nccc2n1. The summed E-state index contributed by atoms with van der Waals surface area (Å²) in [5.74, 6) is 0. The molecule has 2 aromatic heterocycles. The van der Waals surface area contributed by atoms with Gasteiger partial charge >= 0.3 is 0 Å². The van der Waals surface area contributed by atoms with Gasteiger partial charge in [-0.2, -0.15) is 5.10 Å². The monoisotopic (exact) mass is 179 g/mol. The van der Waals surface area contributed by atoms with E-state index in [1.54, 1.807) is 10.7 Å². The third kappa shape index (κ3) is 1.08. The van der Waals surface area contributed by atoms with Gasteiger partial charge in [0.15, 0.2) is 5.65 Å². The Balaban J connectivity index is 2.75. The molecular formula is C8H9N3S. The minimum Gasteiger partial charge on any atom is -0.234 e. The van der Waals surface area contributed by atoms with E-state index in [1.807, 2.05) is 12.1 Å². The summed E-state index contributed by atoms with van der Waals surface area (Å²) in [4.78, 5) is 4.37. The first kappa shape index (κ1) is 7.61. The van der Waals surface area contributed by atoms with Crippen molar-refractivity contribution in [2.45, 2.75) is 18.4 Å². The zero-order valence-electron chi connectivity index (χ0n) is 6.73. The van der Waals surface area contributed by atoms with Crippen LogP contribution in [0.5, 0.6) is 0 Å². The number of hydrogen-bond acceptors (Lipinski definition) is 3. The molecule has 0 saturated heterocycles. The average molecular weight is 179 g/mol. The Morgan fingerprint density at radius 3 is 3.17 bits per heavy atom. The average Bonchev–Trinajstić information content (AvgIpc) is 2.52. The molecule has 0 radical (unpaired) electrons. The van der Waals surface area contributed by atoms with Gasteiger partial charge in [-0.25, -0.2) is 9.50 Å². The quantitative estimate of drug-likeness (QED) is 0.532. The molecule has 3 nitrogen and oxygen atoms in total. The summed E-state index contributed by atoms with van der Waals surface area (Å²) < 4.78 is 1.71. The predicted molar refractivity (Wildman–Crippen MR) is 49.6 cm³/mol. The summed E-state index contributed by atoms with van der Waals surface area (Å²) in [6, 6.07) is 3.81. The lowest BCUT2D eigenvalue weighted by Crippen LogP contribution is -1.96. The second-order valence-corrected chi connectivity index (χ2v) is 3.02. The van der Waals surface area contributed by atoms with Crippen LogP contribution in [0.1, 0.15) is 12.6 Å². The molecule has 12 heavy (non-hydrogen) atoms. The van der Waals surface area contributed by atoms with E-state index in [4.69, 9.17) is 0 Å². The van der Waals surface area contributed by atoms with Gasteiger partial charge in [0.2, 0.25) is 0 Å². The highest BCUT2D eigenvalue weighted by Gasteiger charge is 2.00. The fourth-order valence-electron chi connectivity index (χ4n) is 1.13. The molecule has 0 aromatic carbocycles. The van der Waals surface area contributed by atoms with Crippen LogP contribution in [0.3, 0.4) is 0 Å². The van der Waals surface area contributed by atoms with Crippen molar-refractivity contribution in [1.29, 1.82) is 0 Å². The maximum atomic E-state index is 4.37. The normalized spacial score (nSPS) is 10.8. The van der Waals surface area contributed by atoms with Crippen LogP contribution in [0.2, 0.25) is 0 Å². The number of nitrogens with zero attached hydrogens (tertiary/aromatic N) is 3. The van der Waals surface area contributed by atoms with Gasteiger partial charge in [-0.3, -0.25) is 0 Å². The number of fused-ring (bicyclic) bond motifs is 1. The Hall–Kier alpha value is -1.03. The highest BCUT2D eigenvalue weighted by molar-refractivity contribution is 7.80. The second kappa shape index (κ2) is 2.79. The number of hydrogen-bond donors (Lipinski definition) is 1. The molecule has 0 unspecified atom stereocenters. The standard InChI is InChI=1S/C8H9N3S/c1-2-6-5-8(12)11-7(10-6)3-4-9-11/h3-5,12H,2H2,1H3. The van der Waals surface area contributed by atoms with Crippen LogP contribution in [0.4, 0.5) is 0 Å². The number of thiol groups is 1. The lowest BCUT2D eigenvalue weighted by atomic mass is 10.3. The van der Waals surface area contributed by atoms with Crippen molar-refractivity contribution in [3.63, 3.8) is 0 Å². The van der Waals surface area contributed by atoms with Crippen molar-refractivity contribution >= 4 is 18.3 Å². The van der Waals surface area contributed by atoms with Crippen LogP contribution < -0.4 is 0 Å². The van der Waals surface area contributed by atoms with E-state index in [1.165, 1.54) is 0 Å².